The number of urea groups is 1. The third kappa shape index (κ3) is 4.89. The Morgan fingerprint density at radius 1 is 1.13 bits per heavy atom. The lowest BCUT2D eigenvalue weighted by Gasteiger charge is -2.19. The standard InChI is InChI=1S/C16H14Cl2N2O2S/c1-23-20(10-11-5-3-2-4-6-11)16(22)19-15(21)13-8-7-12(17)9-14(13)18/h2-9H,10H2,1H3,(H,19,21,22). The second-order valence-electron chi connectivity index (χ2n) is 4.59. The number of hydrogen-bond donors (Lipinski definition) is 1. The second kappa shape index (κ2) is 8.24. The lowest BCUT2D eigenvalue weighted by Crippen LogP contribution is -2.39. The maximum Gasteiger partial charge on any atom is 0.334 e. The smallest absolute Gasteiger partial charge is 0.273 e. The van der Waals surface area contributed by atoms with Gasteiger partial charge in [0.2, 0.25) is 0 Å². The molecule has 0 saturated carbocycles. The summed E-state index contributed by atoms with van der Waals surface area (Å²) >= 11 is 13.0. The van der Waals surface area contributed by atoms with Crippen LogP contribution in [-0.4, -0.2) is 22.5 Å². The number of imide groups is 1. The lowest BCUT2D eigenvalue weighted by molar-refractivity contribution is 0.0959. The van der Waals surface area contributed by atoms with E-state index in [1.165, 1.54) is 28.4 Å². The second-order valence-corrected chi connectivity index (χ2v) is 6.24. The Morgan fingerprint density at radius 2 is 1.83 bits per heavy atom. The summed E-state index contributed by atoms with van der Waals surface area (Å²) in [5.41, 5.74) is 1.17. The molecule has 4 nitrogen and oxygen atoms in total. The highest BCUT2D eigenvalue weighted by atomic mass is 35.5. The first-order valence-corrected chi connectivity index (χ1v) is 8.61. The first kappa shape index (κ1) is 17.7. The Bertz CT molecular complexity index is 710. The molecule has 2 aromatic rings. The highest BCUT2D eigenvalue weighted by molar-refractivity contribution is 7.96. The van der Waals surface area contributed by atoms with Crippen LogP contribution < -0.4 is 5.32 Å². The molecule has 0 unspecified atom stereocenters. The quantitative estimate of drug-likeness (QED) is 0.800. The van der Waals surface area contributed by atoms with Crippen LogP contribution in [0.5, 0.6) is 0 Å². The van der Waals surface area contributed by atoms with Gasteiger partial charge in [0.05, 0.1) is 17.1 Å². The zero-order valence-electron chi connectivity index (χ0n) is 12.3. The van der Waals surface area contributed by atoms with Crippen molar-refractivity contribution in [1.29, 1.82) is 0 Å². The minimum atomic E-state index is -0.566. The molecule has 0 atom stereocenters. The predicted molar refractivity (Wildman–Crippen MR) is 94.8 cm³/mol. The highest BCUT2D eigenvalue weighted by Gasteiger charge is 2.19. The normalized spacial score (nSPS) is 10.2. The molecule has 0 aliphatic carbocycles. The number of nitrogens with one attached hydrogen (secondary N) is 1. The van der Waals surface area contributed by atoms with Gasteiger partial charge in [0, 0.05) is 11.3 Å². The van der Waals surface area contributed by atoms with Crippen LogP contribution in [0.15, 0.2) is 48.5 Å². The Balaban J connectivity index is 2.05. The van der Waals surface area contributed by atoms with Crippen LogP contribution in [-0.2, 0) is 6.54 Å². The van der Waals surface area contributed by atoms with Gasteiger partial charge in [0.15, 0.2) is 0 Å². The number of nitrogens with zero attached hydrogens (tertiary/aromatic N) is 1. The molecule has 3 amide bonds. The number of halogens is 2. The summed E-state index contributed by atoms with van der Waals surface area (Å²) in [4.78, 5) is 24.4. The number of rotatable bonds is 4. The minimum absolute atomic E-state index is 0.196. The van der Waals surface area contributed by atoms with E-state index < -0.39 is 11.9 Å². The molecular formula is C16H14Cl2N2O2S. The van der Waals surface area contributed by atoms with Gasteiger partial charge in [0.1, 0.15) is 0 Å². The summed E-state index contributed by atoms with van der Waals surface area (Å²) in [7, 11) is 0. The van der Waals surface area contributed by atoms with E-state index in [4.69, 9.17) is 23.2 Å². The number of carbonyl (C=O) groups excluding carboxylic acids is 2. The van der Waals surface area contributed by atoms with Crippen molar-refractivity contribution in [3.63, 3.8) is 0 Å². The molecule has 0 radical (unpaired) electrons. The first-order chi connectivity index (χ1) is 11.0. The lowest BCUT2D eigenvalue weighted by atomic mass is 10.2. The maximum absolute atomic E-state index is 12.2. The Labute approximate surface area is 148 Å². The van der Waals surface area contributed by atoms with Crippen LogP contribution in [0.1, 0.15) is 15.9 Å². The van der Waals surface area contributed by atoms with Gasteiger partial charge in [-0.1, -0.05) is 53.5 Å². The summed E-state index contributed by atoms with van der Waals surface area (Å²) < 4.78 is 1.46. The van der Waals surface area contributed by atoms with E-state index in [9.17, 15) is 9.59 Å². The van der Waals surface area contributed by atoms with Crippen LogP contribution in [0.2, 0.25) is 10.0 Å². The fourth-order valence-corrected chi connectivity index (χ4v) is 2.85. The number of benzene rings is 2. The molecule has 2 aromatic carbocycles. The van der Waals surface area contributed by atoms with Crippen LogP contribution in [0.25, 0.3) is 0 Å². The first-order valence-electron chi connectivity index (χ1n) is 6.67. The Kier molecular flexibility index (Phi) is 6.33. The van der Waals surface area contributed by atoms with Crippen molar-refractivity contribution < 1.29 is 9.59 Å². The zero-order chi connectivity index (χ0) is 16.8. The van der Waals surface area contributed by atoms with Gasteiger partial charge in [-0.05, 0) is 35.7 Å². The van der Waals surface area contributed by atoms with Crippen LogP contribution in [0.3, 0.4) is 0 Å². The fraction of sp³-hybridized carbons (Fsp3) is 0.125. The molecule has 0 aliphatic heterocycles. The Morgan fingerprint density at radius 3 is 2.43 bits per heavy atom. The van der Waals surface area contributed by atoms with Gasteiger partial charge in [-0.25, -0.2) is 4.79 Å². The van der Waals surface area contributed by atoms with Crippen molar-refractivity contribution in [3.05, 3.63) is 69.7 Å². The molecule has 120 valence electrons. The van der Waals surface area contributed by atoms with Gasteiger partial charge in [0.25, 0.3) is 5.91 Å². The van der Waals surface area contributed by atoms with Crippen LogP contribution in [0, 0.1) is 0 Å². The van der Waals surface area contributed by atoms with E-state index in [0.717, 1.165) is 5.56 Å². The SMILES string of the molecule is CSN(Cc1ccccc1)C(=O)NC(=O)c1ccc(Cl)cc1Cl. The number of carbonyl (C=O) groups is 2. The van der Waals surface area contributed by atoms with Crippen molar-refractivity contribution in [1.82, 2.24) is 9.62 Å². The third-order valence-corrected chi connectivity index (χ3v) is 4.30. The van der Waals surface area contributed by atoms with Gasteiger partial charge in [-0.3, -0.25) is 14.4 Å². The van der Waals surface area contributed by atoms with Crippen molar-refractivity contribution in [2.24, 2.45) is 0 Å². The molecule has 23 heavy (non-hydrogen) atoms. The molecule has 0 saturated heterocycles. The summed E-state index contributed by atoms with van der Waals surface area (Å²) in [6.45, 7) is 0.384. The summed E-state index contributed by atoms with van der Waals surface area (Å²) in [5.74, 6) is -0.566. The average molecular weight is 369 g/mol. The topological polar surface area (TPSA) is 49.4 Å². The van der Waals surface area contributed by atoms with Crippen molar-refractivity contribution in [3.8, 4) is 0 Å². The van der Waals surface area contributed by atoms with Gasteiger partial charge in [-0.15, -0.1) is 0 Å². The monoisotopic (exact) mass is 368 g/mol. The van der Waals surface area contributed by atoms with Gasteiger partial charge < -0.3 is 0 Å². The van der Waals surface area contributed by atoms with E-state index in [0.29, 0.717) is 11.6 Å². The molecule has 0 bridgehead atoms. The van der Waals surface area contributed by atoms with Crippen molar-refractivity contribution in [2.75, 3.05) is 6.26 Å². The van der Waals surface area contributed by atoms with E-state index in [-0.39, 0.29) is 10.6 Å². The molecule has 0 heterocycles. The van der Waals surface area contributed by atoms with E-state index in [1.54, 1.807) is 12.3 Å². The molecule has 7 heteroatoms. The number of amides is 3. The van der Waals surface area contributed by atoms with Crippen molar-refractivity contribution >= 4 is 47.1 Å². The van der Waals surface area contributed by atoms with Crippen LogP contribution >= 0.6 is 35.1 Å². The fourth-order valence-electron chi connectivity index (χ4n) is 1.87. The van der Waals surface area contributed by atoms with E-state index >= 15 is 0 Å². The average Bonchev–Trinajstić information content (AvgIpc) is 2.53. The van der Waals surface area contributed by atoms with E-state index in [2.05, 4.69) is 5.32 Å². The molecule has 1 N–H and O–H groups in total. The van der Waals surface area contributed by atoms with Crippen LogP contribution in [0.4, 0.5) is 4.79 Å². The maximum atomic E-state index is 12.2. The van der Waals surface area contributed by atoms with E-state index in [1.807, 2.05) is 30.3 Å². The molecular weight excluding hydrogens is 355 g/mol. The Hall–Kier alpha value is -1.69. The highest BCUT2D eigenvalue weighted by Crippen LogP contribution is 2.21. The molecule has 0 aromatic heterocycles. The van der Waals surface area contributed by atoms with Gasteiger partial charge >= 0.3 is 6.03 Å². The molecule has 0 fully saturated rings. The zero-order valence-corrected chi connectivity index (χ0v) is 14.6. The van der Waals surface area contributed by atoms with Crippen molar-refractivity contribution in [2.45, 2.75) is 6.54 Å². The minimum Gasteiger partial charge on any atom is -0.273 e. The summed E-state index contributed by atoms with van der Waals surface area (Å²) in [5, 5.41) is 2.95. The molecule has 0 spiro atoms. The predicted octanol–water partition coefficient (Wildman–Crippen LogP) is 4.62. The summed E-state index contributed by atoms with van der Waals surface area (Å²) in [6, 6.07) is 13.5. The number of hydrogen-bond acceptors (Lipinski definition) is 3. The summed E-state index contributed by atoms with van der Waals surface area (Å²) in [6.07, 6.45) is 1.77. The molecule has 2 rings (SSSR count). The molecule has 0 aliphatic rings. The third-order valence-electron chi connectivity index (χ3n) is 3.01. The largest absolute Gasteiger partial charge is 0.334 e. The van der Waals surface area contributed by atoms with Gasteiger partial charge in [-0.2, -0.15) is 0 Å².